The van der Waals surface area contributed by atoms with Gasteiger partial charge in [-0.15, -0.1) is 0 Å². The molecule has 23 heavy (non-hydrogen) atoms. The van der Waals surface area contributed by atoms with E-state index in [1.54, 1.807) is 20.8 Å². The Morgan fingerprint density at radius 3 is 2.13 bits per heavy atom. The standard InChI is InChI=1S/C17H23N3O3/c1-17(2,3)20-15(22)13(14(21)18-16(20)23)10-11-6-8-12(9-7-11)19(4)5/h6-9,13H,10H2,1-5H3,(H,18,21,23). The minimum Gasteiger partial charge on any atom is -0.378 e. The third kappa shape index (κ3) is 3.52. The zero-order valence-electron chi connectivity index (χ0n) is 14.2. The van der Waals surface area contributed by atoms with Gasteiger partial charge in [0.15, 0.2) is 0 Å². The summed E-state index contributed by atoms with van der Waals surface area (Å²) in [6, 6.07) is 7.02. The van der Waals surface area contributed by atoms with Crippen LogP contribution in [0.2, 0.25) is 0 Å². The Balaban J connectivity index is 2.22. The lowest BCUT2D eigenvalue weighted by atomic mass is 9.93. The van der Waals surface area contributed by atoms with Crippen LogP contribution in [-0.2, 0) is 16.0 Å². The van der Waals surface area contributed by atoms with Gasteiger partial charge in [-0.25, -0.2) is 4.79 Å². The van der Waals surface area contributed by atoms with Gasteiger partial charge in [0.25, 0.3) is 0 Å². The van der Waals surface area contributed by atoms with Crippen LogP contribution in [0.3, 0.4) is 0 Å². The molecule has 0 saturated carbocycles. The molecule has 2 rings (SSSR count). The highest BCUT2D eigenvalue weighted by molar-refractivity contribution is 6.16. The molecule has 124 valence electrons. The van der Waals surface area contributed by atoms with Gasteiger partial charge in [-0.05, 0) is 44.9 Å². The molecule has 0 aromatic heterocycles. The van der Waals surface area contributed by atoms with E-state index in [1.165, 1.54) is 0 Å². The van der Waals surface area contributed by atoms with Gasteiger partial charge in [0.2, 0.25) is 11.8 Å². The van der Waals surface area contributed by atoms with E-state index < -0.39 is 29.3 Å². The number of amides is 4. The first-order valence-corrected chi connectivity index (χ1v) is 7.56. The second-order valence-electron chi connectivity index (χ2n) is 6.96. The summed E-state index contributed by atoms with van der Waals surface area (Å²) in [5.41, 5.74) is 1.25. The average Bonchev–Trinajstić information content (AvgIpc) is 2.42. The van der Waals surface area contributed by atoms with Gasteiger partial charge in [0.1, 0.15) is 5.92 Å². The largest absolute Gasteiger partial charge is 0.378 e. The fraction of sp³-hybridized carbons (Fsp3) is 0.471. The number of benzene rings is 1. The molecule has 1 N–H and O–H groups in total. The van der Waals surface area contributed by atoms with Gasteiger partial charge in [0.05, 0.1) is 0 Å². The third-order valence-corrected chi connectivity index (χ3v) is 3.83. The molecule has 1 aliphatic rings. The summed E-state index contributed by atoms with van der Waals surface area (Å²) in [5.74, 6) is -1.85. The second-order valence-corrected chi connectivity index (χ2v) is 6.96. The van der Waals surface area contributed by atoms with Crippen molar-refractivity contribution in [3.05, 3.63) is 29.8 Å². The predicted octanol–water partition coefficient (Wildman–Crippen LogP) is 1.79. The van der Waals surface area contributed by atoms with Crippen LogP contribution in [0.1, 0.15) is 26.3 Å². The van der Waals surface area contributed by atoms with E-state index in [1.807, 2.05) is 43.3 Å². The number of carbonyl (C=O) groups is 3. The monoisotopic (exact) mass is 317 g/mol. The van der Waals surface area contributed by atoms with Gasteiger partial charge < -0.3 is 4.90 Å². The molecule has 1 aromatic carbocycles. The maximum Gasteiger partial charge on any atom is 0.331 e. The van der Waals surface area contributed by atoms with E-state index in [4.69, 9.17) is 0 Å². The Morgan fingerprint density at radius 2 is 1.65 bits per heavy atom. The number of urea groups is 1. The SMILES string of the molecule is CN(C)c1ccc(CC2C(=O)NC(=O)N(C(C)(C)C)C2=O)cc1. The first-order chi connectivity index (χ1) is 10.6. The van der Waals surface area contributed by atoms with Crippen molar-refractivity contribution in [3.8, 4) is 0 Å². The topological polar surface area (TPSA) is 69.7 Å². The molecular formula is C17H23N3O3. The third-order valence-electron chi connectivity index (χ3n) is 3.83. The highest BCUT2D eigenvalue weighted by atomic mass is 16.2. The number of imide groups is 2. The fourth-order valence-electron chi connectivity index (χ4n) is 2.60. The van der Waals surface area contributed by atoms with E-state index >= 15 is 0 Å². The van der Waals surface area contributed by atoms with Crippen molar-refractivity contribution in [1.29, 1.82) is 0 Å². The number of barbiturate groups is 1. The van der Waals surface area contributed by atoms with Gasteiger partial charge in [-0.2, -0.15) is 0 Å². The Morgan fingerprint density at radius 1 is 1.09 bits per heavy atom. The summed E-state index contributed by atoms with van der Waals surface area (Å²) in [6.45, 7) is 5.30. The molecule has 0 bridgehead atoms. The maximum absolute atomic E-state index is 12.6. The first kappa shape index (κ1) is 17.0. The van der Waals surface area contributed by atoms with Crippen LogP contribution in [0.5, 0.6) is 0 Å². The van der Waals surface area contributed by atoms with Crippen LogP contribution in [0.15, 0.2) is 24.3 Å². The molecule has 1 heterocycles. The summed E-state index contributed by atoms with van der Waals surface area (Å²) in [5, 5.41) is 2.29. The van der Waals surface area contributed by atoms with Crippen molar-refractivity contribution in [3.63, 3.8) is 0 Å². The summed E-state index contributed by atoms with van der Waals surface area (Å²) in [4.78, 5) is 39.7. The zero-order chi connectivity index (χ0) is 17.4. The Hall–Kier alpha value is -2.37. The number of nitrogens with zero attached hydrogens (tertiary/aromatic N) is 2. The van der Waals surface area contributed by atoms with E-state index in [9.17, 15) is 14.4 Å². The molecule has 6 heteroatoms. The van der Waals surface area contributed by atoms with Gasteiger partial charge in [0, 0.05) is 25.3 Å². The lowest BCUT2D eigenvalue weighted by Gasteiger charge is -2.38. The van der Waals surface area contributed by atoms with E-state index in [0.29, 0.717) is 0 Å². The lowest BCUT2D eigenvalue weighted by Crippen LogP contribution is -2.63. The van der Waals surface area contributed by atoms with Crippen molar-refractivity contribution in [2.75, 3.05) is 19.0 Å². The highest BCUT2D eigenvalue weighted by Crippen LogP contribution is 2.24. The fourth-order valence-corrected chi connectivity index (χ4v) is 2.60. The van der Waals surface area contributed by atoms with Crippen LogP contribution in [0, 0.1) is 5.92 Å². The Kier molecular flexibility index (Phi) is 4.45. The van der Waals surface area contributed by atoms with Crippen LogP contribution in [0.4, 0.5) is 10.5 Å². The summed E-state index contributed by atoms with van der Waals surface area (Å²) < 4.78 is 0. The van der Waals surface area contributed by atoms with Gasteiger partial charge in [-0.1, -0.05) is 12.1 Å². The molecular weight excluding hydrogens is 294 g/mol. The molecule has 0 aliphatic carbocycles. The summed E-state index contributed by atoms with van der Waals surface area (Å²) in [6.07, 6.45) is 0.276. The van der Waals surface area contributed by atoms with E-state index in [0.717, 1.165) is 16.2 Å². The Labute approximate surface area is 136 Å². The second kappa shape index (κ2) is 6.02. The summed E-state index contributed by atoms with van der Waals surface area (Å²) in [7, 11) is 3.89. The number of anilines is 1. The molecule has 4 amide bonds. The van der Waals surface area contributed by atoms with Gasteiger partial charge >= 0.3 is 6.03 Å². The molecule has 1 aliphatic heterocycles. The number of rotatable bonds is 3. The molecule has 1 saturated heterocycles. The maximum atomic E-state index is 12.6. The number of hydrogen-bond acceptors (Lipinski definition) is 4. The van der Waals surface area contributed by atoms with Crippen molar-refractivity contribution in [1.82, 2.24) is 10.2 Å². The van der Waals surface area contributed by atoms with Crippen LogP contribution in [-0.4, -0.2) is 42.4 Å². The smallest absolute Gasteiger partial charge is 0.331 e. The Bertz CT molecular complexity index is 629. The number of hydrogen-bond donors (Lipinski definition) is 1. The lowest BCUT2D eigenvalue weighted by molar-refractivity contribution is -0.145. The first-order valence-electron chi connectivity index (χ1n) is 7.56. The van der Waals surface area contributed by atoms with Crippen molar-refractivity contribution >= 4 is 23.5 Å². The number of carbonyl (C=O) groups excluding carboxylic acids is 3. The van der Waals surface area contributed by atoms with E-state index in [2.05, 4.69) is 5.32 Å². The summed E-state index contributed by atoms with van der Waals surface area (Å²) >= 11 is 0. The minimum atomic E-state index is -0.878. The van der Waals surface area contributed by atoms with E-state index in [-0.39, 0.29) is 6.42 Å². The van der Waals surface area contributed by atoms with Crippen LogP contribution >= 0.6 is 0 Å². The normalized spacial score (nSPS) is 18.9. The average molecular weight is 317 g/mol. The molecule has 0 radical (unpaired) electrons. The van der Waals surface area contributed by atoms with Crippen LogP contribution in [0.25, 0.3) is 0 Å². The molecule has 1 fully saturated rings. The molecule has 1 aromatic rings. The van der Waals surface area contributed by atoms with Crippen molar-refractivity contribution in [2.45, 2.75) is 32.7 Å². The molecule has 1 unspecified atom stereocenters. The van der Waals surface area contributed by atoms with Crippen molar-refractivity contribution < 1.29 is 14.4 Å². The predicted molar refractivity (Wildman–Crippen MR) is 88.1 cm³/mol. The van der Waals surface area contributed by atoms with Crippen molar-refractivity contribution in [2.24, 2.45) is 5.92 Å². The quantitative estimate of drug-likeness (QED) is 0.863. The minimum absolute atomic E-state index is 0.276. The van der Waals surface area contributed by atoms with Crippen LogP contribution < -0.4 is 10.2 Å². The number of nitrogens with one attached hydrogen (secondary N) is 1. The molecule has 6 nitrogen and oxygen atoms in total. The highest BCUT2D eigenvalue weighted by Gasteiger charge is 2.44. The molecule has 0 spiro atoms. The zero-order valence-corrected chi connectivity index (χ0v) is 14.2. The van der Waals surface area contributed by atoms with Gasteiger partial charge in [-0.3, -0.25) is 19.8 Å². The molecule has 1 atom stereocenters.